The van der Waals surface area contributed by atoms with Gasteiger partial charge in [0.05, 0.1) is 24.2 Å². The summed E-state index contributed by atoms with van der Waals surface area (Å²) in [5.74, 6) is -1.06. The van der Waals surface area contributed by atoms with Crippen LogP contribution in [0.5, 0.6) is 5.75 Å². The standard InChI is InChI=1S/C19H20ClFN2O3/c1-11(2)22-19(25)13-5-6-14(20)16(10-13)23-18(24)9-12-4-7-17(26-3)15(21)8-12/h4-8,10-11H,9H2,1-3H3,(H,22,25)(H,23,24). The zero-order chi connectivity index (χ0) is 19.3. The lowest BCUT2D eigenvalue weighted by Gasteiger charge is -2.12. The van der Waals surface area contributed by atoms with Crippen LogP contribution in [0, 0.1) is 5.82 Å². The third-order valence-corrected chi connectivity index (χ3v) is 3.83. The van der Waals surface area contributed by atoms with Crippen LogP contribution in [0.15, 0.2) is 36.4 Å². The van der Waals surface area contributed by atoms with E-state index in [0.29, 0.717) is 21.8 Å². The van der Waals surface area contributed by atoms with Crippen LogP contribution in [0.4, 0.5) is 10.1 Å². The van der Waals surface area contributed by atoms with Crippen molar-refractivity contribution in [1.82, 2.24) is 5.32 Å². The van der Waals surface area contributed by atoms with Gasteiger partial charge in [-0.05, 0) is 49.7 Å². The van der Waals surface area contributed by atoms with Crippen LogP contribution in [-0.4, -0.2) is 25.0 Å². The van der Waals surface area contributed by atoms with E-state index in [1.54, 1.807) is 18.2 Å². The zero-order valence-electron chi connectivity index (χ0n) is 14.7. The molecule has 0 saturated heterocycles. The highest BCUT2D eigenvalue weighted by atomic mass is 35.5. The van der Waals surface area contributed by atoms with Crippen molar-refractivity contribution in [2.75, 3.05) is 12.4 Å². The monoisotopic (exact) mass is 378 g/mol. The summed E-state index contributed by atoms with van der Waals surface area (Å²) in [6, 6.07) is 8.92. The summed E-state index contributed by atoms with van der Waals surface area (Å²) in [4.78, 5) is 24.3. The molecule has 5 nitrogen and oxygen atoms in total. The van der Waals surface area contributed by atoms with Gasteiger partial charge in [-0.25, -0.2) is 4.39 Å². The number of methoxy groups -OCH3 is 1. The van der Waals surface area contributed by atoms with Crippen LogP contribution in [0.3, 0.4) is 0 Å². The van der Waals surface area contributed by atoms with Gasteiger partial charge < -0.3 is 15.4 Å². The molecule has 0 saturated carbocycles. The van der Waals surface area contributed by atoms with Crippen LogP contribution in [0.1, 0.15) is 29.8 Å². The SMILES string of the molecule is COc1ccc(CC(=O)Nc2cc(C(=O)NC(C)C)ccc2Cl)cc1F. The smallest absolute Gasteiger partial charge is 0.251 e. The third kappa shape index (κ3) is 5.20. The number of amides is 2. The van der Waals surface area contributed by atoms with Gasteiger partial charge >= 0.3 is 0 Å². The van der Waals surface area contributed by atoms with Gasteiger partial charge in [-0.2, -0.15) is 0 Å². The molecule has 0 aromatic heterocycles. The Labute approximate surface area is 156 Å². The third-order valence-electron chi connectivity index (χ3n) is 3.50. The molecule has 0 aliphatic heterocycles. The molecule has 0 spiro atoms. The first kappa shape index (κ1) is 19.7. The minimum atomic E-state index is -0.539. The highest BCUT2D eigenvalue weighted by Gasteiger charge is 2.13. The Bertz CT molecular complexity index is 824. The first-order valence-electron chi connectivity index (χ1n) is 8.03. The largest absolute Gasteiger partial charge is 0.494 e. The van der Waals surface area contributed by atoms with E-state index < -0.39 is 5.82 Å². The second-order valence-electron chi connectivity index (χ2n) is 6.02. The van der Waals surface area contributed by atoms with Crippen LogP contribution in [-0.2, 0) is 11.2 Å². The Morgan fingerprint density at radius 3 is 2.54 bits per heavy atom. The molecule has 0 aliphatic rings. The molecule has 26 heavy (non-hydrogen) atoms. The number of ether oxygens (including phenoxy) is 1. The molecule has 2 N–H and O–H groups in total. The number of rotatable bonds is 6. The van der Waals surface area contributed by atoms with E-state index in [9.17, 15) is 14.0 Å². The number of halogens is 2. The zero-order valence-corrected chi connectivity index (χ0v) is 15.5. The van der Waals surface area contributed by atoms with E-state index in [1.807, 2.05) is 13.8 Å². The second-order valence-corrected chi connectivity index (χ2v) is 6.42. The van der Waals surface area contributed by atoms with Crippen LogP contribution < -0.4 is 15.4 Å². The molecule has 2 aromatic carbocycles. The Kier molecular flexibility index (Phi) is 6.58. The number of carbonyl (C=O) groups excluding carboxylic acids is 2. The number of nitrogens with one attached hydrogen (secondary N) is 2. The van der Waals surface area contributed by atoms with Crippen molar-refractivity contribution in [1.29, 1.82) is 0 Å². The molecule has 7 heteroatoms. The van der Waals surface area contributed by atoms with Gasteiger partial charge in [0, 0.05) is 11.6 Å². The van der Waals surface area contributed by atoms with Crippen molar-refractivity contribution >= 4 is 29.1 Å². The van der Waals surface area contributed by atoms with E-state index in [1.165, 1.54) is 25.3 Å². The van der Waals surface area contributed by atoms with E-state index in [2.05, 4.69) is 10.6 Å². The summed E-state index contributed by atoms with van der Waals surface area (Å²) in [6.07, 6.45) is -0.0420. The van der Waals surface area contributed by atoms with Crippen LogP contribution in [0.25, 0.3) is 0 Å². The number of benzene rings is 2. The minimum Gasteiger partial charge on any atom is -0.494 e. The second kappa shape index (κ2) is 8.67. The van der Waals surface area contributed by atoms with Gasteiger partial charge in [-0.3, -0.25) is 9.59 Å². The fourth-order valence-corrected chi connectivity index (χ4v) is 2.47. The van der Waals surface area contributed by atoms with Crippen molar-refractivity contribution in [3.8, 4) is 5.75 Å². The number of hydrogen-bond acceptors (Lipinski definition) is 3. The maximum absolute atomic E-state index is 13.7. The van der Waals surface area contributed by atoms with Crippen LogP contribution >= 0.6 is 11.6 Å². The fourth-order valence-electron chi connectivity index (χ4n) is 2.31. The maximum Gasteiger partial charge on any atom is 0.251 e. The summed E-state index contributed by atoms with van der Waals surface area (Å²) >= 11 is 6.10. The number of anilines is 1. The highest BCUT2D eigenvalue weighted by Crippen LogP contribution is 2.24. The summed E-state index contributed by atoms with van der Waals surface area (Å²) in [7, 11) is 1.37. The summed E-state index contributed by atoms with van der Waals surface area (Å²) in [5, 5.41) is 5.72. The summed E-state index contributed by atoms with van der Waals surface area (Å²) < 4.78 is 18.6. The van der Waals surface area contributed by atoms with E-state index >= 15 is 0 Å². The molecule has 0 radical (unpaired) electrons. The van der Waals surface area contributed by atoms with E-state index in [0.717, 1.165) is 0 Å². The Morgan fingerprint density at radius 1 is 1.19 bits per heavy atom. The molecule has 0 fully saturated rings. The van der Waals surface area contributed by atoms with E-state index in [-0.39, 0.29) is 30.0 Å². The average Bonchev–Trinajstić information content (AvgIpc) is 2.56. The van der Waals surface area contributed by atoms with Crippen molar-refractivity contribution in [2.24, 2.45) is 0 Å². The molecule has 2 aromatic rings. The molecule has 2 rings (SSSR count). The number of hydrogen-bond donors (Lipinski definition) is 2. The highest BCUT2D eigenvalue weighted by molar-refractivity contribution is 6.33. The molecule has 0 bridgehead atoms. The van der Waals surface area contributed by atoms with Gasteiger partial charge in [-0.1, -0.05) is 17.7 Å². The predicted molar refractivity (Wildman–Crippen MR) is 99.3 cm³/mol. The normalized spacial score (nSPS) is 10.5. The molecule has 0 unspecified atom stereocenters. The molecule has 2 amide bonds. The lowest BCUT2D eigenvalue weighted by atomic mass is 10.1. The Morgan fingerprint density at radius 2 is 1.92 bits per heavy atom. The lowest BCUT2D eigenvalue weighted by Crippen LogP contribution is -2.30. The first-order chi connectivity index (χ1) is 12.3. The predicted octanol–water partition coefficient (Wildman–Crippen LogP) is 3.81. The van der Waals surface area contributed by atoms with Gasteiger partial charge in [0.15, 0.2) is 11.6 Å². The Balaban J connectivity index is 2.10. The lowest BCUT2D eigenvalue weighted by molar-refractivity contribution is -0.115. The molecule has 0 atom stereocenters. The Hall–Kier alpha value is -2.60. The first-order valence-corrected chi connectivity index (χ1v) is 8.40. The van der Waals surface area contributed by atoms with Gasteiger partial charge in [0.25, 0.3) is 5.91 Å². The summed E-state index contributed by atoms with van der Waals surface area (Å²) in [5.41, 5.74) is 1.20. The fraction of sp³-hybridized carbons (Fsp3) is 0.263. The minimum absolute atomic E-state index is 0.0128. The summed E-state index contributed by atoms with van der Waals surface area (Å²) in [6.45, 7) is 3.70. The van der Waals surface area contributed by atoms with E-state index in [4.69, 9.17) is 16.3 Å². The van der Waals surface area contributed by atoms with Crippen molar-refractivity contribution < 1.29 is 18.7 Å². The molecule has 0 heterocycles. The molecule has 138 valence electrons. The molecular weight excluding hydrogens is 359 g/mol. The van der Waals surface area contributed by atoms with Crippen LogP contribution in [0.2, 0.25) is 5.02 Å². The topological polar surface area (TPSA) is 67.4 Å². The quantitative estimate of drug-likeness (QED) is 0.803. The molecule has 0 aliphatic carbocycles. The van der Waals surface area contributed by atoms with Gasteiger partial charge in [0.2, 0.25) is 5.91 Å². The van der Waals surface area contributed by atoms with Crippen molar-refractivity contribution in [3.63, 3.8) is 0 Å². The molecular formula is C19H20ClFN2O3. The average molecular weight is 379 g/mol. The van der Waals surface area contributed by atoms with Gasteiger partial charge in [-0.15, -0.1) is 0 Å². The number of carbonyl (C=O) groups is 2. The van der Waals surface area contributed by atoms with Crippen molar-refractivity contribution in [3.05, 3.63) is 58.4 Å². The van der Waals surface area contributed by atoms with Gasteiger partial charge in [0.1, 0.15) is 0 Å². The maximum atomic E-state index is 13.7. The van der Waals surface area contributed by atoms with Crippen molar-refractivity contribution in [2.45, 2.75) is 26.3 Å².